The molecule has 0 atom stereocenters. The van der Waals surface area contributed by atoms with Gasteiger partial charge in [0.2, 0.25) is 0 Å². The van der Waals surface area contributed by atoms with Crippen LogP contribution in [0.15, 0.2) is 57.4 Å². The lowest BCUT2D eigenvalue weighted by Crippen LogP contribution is -2.37. The molecule has 0 spiro atoms. The number of sulfonamides is 1. The van der Waals surface area contributed by atoms with Crippen LogP contribution < -0.4 is 0 Å². The molecule has 0 aliphatic carbocycles. The van der Waals surface area contributed by atoms with Crippen molar-refractivity contribution in [1.82, 2.24) is 19.1 Å². The van der Waals surface area contributed by atoms with Crippen LogP contribution in [0.1, 0.15) is 23.0 Å². The highest BCUT2D eigenvalue weighted by molar-refractivity contribution is 7.99. The number of hydrogen-bond donors (Lipinski definition) is 0. The topological polar surface area (TPSA) is 128 Å². The number of aryl methyl sites for hydroxylation is 2. The van der Waals surface area contributed by atoms with E-state index in [1.54, 1.807) is 24.4 Å². The molecule has 3 aromatic rings. The summed E-state index contributed by atoms with van der Waals surface area (Å²) in [6.07, 6.45) is 1.56. The predicted molar refractivity (Wildman–Crippen MR) is 118 cm³/mol. The normalized spacial score (nSPS) is 11.4. The Morgan fingerprint density at radius 2 is 2.03 bits per heavy atom. The zero-order valence-electron chi connectivity index (χ0n) is 17.2. The molecule has 0 radical (unpaired) electrons. The van der Waals surface area contributed by atoms with Crippen molar-refractivity contribution in [1.29, 1.82) is 0 Å². The number of rotatable bonds is 7. The average molecular weight is 496 g/mol. The van der Waals surface area contributed by atoms with E-state index in [0.717, 1.165) is 17.8 Å². The van der Waals surface area contributed by atoms with Gasteiger partial charge in [-0.1, -0.05) is 29.4 Å². The third kappa shape index (κ3) is 4.47. The number of halogens is 1. The second-order valence-electron chi connectivity index (χ2n) is 6.51. The second kappa shape index (κ2) is 9.27. The van der Waals surface area contributed by atoms with Crippen molar-refractivity contribution >= 4 is 45.0 Å². The zero-order chi connectivity index (χ0) is 23.6. The summed E-state index contributed by atoms with van der Waals surface area (Å²) >= 11 is 7.16. The molecule has 1 aromatic carbocycles. The van der Waals surface area contributed by atoms with Crippen molar-refractivity contribution in [2.24, 2.45) is 7.05 Å². The minimum absolute atomic E-state index is 0.136. The fourth-order valence-electron chi connectivity index (χ4n) is 2.98. The lowest BCUT2D eigenvalue weighted by molar-refractivity contribution is -0.387. The first-order chi connectivity index (χ1) is 15.1. The van der Waals surface area contributed by atoms with Crippen LogP contribution in [0.5, 0.6) is 0 Å². The molecule has 0 fully saturated rings. The van der Waals surface area contributed by atoms with Gasteiger partial charge in [-0.3, -0.25) is 19.6 Å². The number of benzene rings is 1. The van der Waals surface area contributed by atoms with Crippen LogP contribution in [0.25, 0.3) is 0 Å². The highest BCUT2D eigenvalue weighted by Crippen LogP contribution is 2.35. The van der Waals surface area contributed by atoms with Gasteiger partial charge in [-0.2, -0.15) is 5.10 Å². The Labute approximate surface area is 193 Å². The Morgan fingerprint density at radius 3 is 2.56 bits per heavy atom. The number of nitro benzene ring substituents is 1. The van der Waals surface area contributed by atoms with Crippen LogP contribution in [0.2, 0.25) is 5.15 Å². The van der Waals surface area contributed by atoms with Crippen LogP contribution in [0.4, 0.5) is 5.69 Å². The quantitative estimate of drug-likeness (QED) is 0.358. The van der Waals surface area contributed by atoms with Crippen molar-refractivity contribution in [2.75, 3.05) is 6.54 Å². The Bertz CT molecular complexity index is 1290. The summed E-state index contributed by atoms with van der Waals surface area (Å²) in [6.45, 7) is 2.74. The first-order valence-corrected chi connectivity index (χ1v) is 11.8. The first kappa shape index (κ1) is 23.7. The molecule has 0 unspecified atom stereocenters. The third-order valence-electron chi connectivity index (χ3n) is 4.42. The summed E-state index contributed by atoms with van der Waals surface area (Å²) in [7, 11) is -2.87. The van der Waals surface area contributed by atoms with Gasteiger partial charge in [0.15, 0.2) is 0 Å². The van der Waals surface area contributed by atoms with E-state index < -0.39 is 20.9 Å². The molecule has 13 heteroatoms. The Kier molecular flexibility index (Phi) is 6.86. The minimum atomic E-state index is -4.35. The fourth-order valence-corrected chi connectivity index (χ4v) is 5.95. The third-order valence-corrected chi connectivity index (χ3v) is 7.99. The summed E-state index contributed by atoms with van der Waals surface area (Å²) in [5.74, 6) is -0.913. The van der Waals surface area contributed by atoms with E-state index in [1.807, 2.05) is 0 Å². The number of hydrogen-bond acceptors (Lipinski definition) is 8. The molecule has 2 heterocycles. The average Bonchev–Trinajstić information content (AvgIpc) is 3.01. The molecule has 0 N–H and O–H groups in total. The Balaban J connectivity index is 2.01. The molecule has 10 nitrogen and oxygen atoms in total. The molecule has 2 aromatic heterocycles. The smallest absolute Gasteiger partial charge is 0.268 e. The lowest BCUT2D eigenvalue weighted by atomic mass is 10.2. The number of carbonyl (C=O) groups is 1. The molecule has 1 amide bonds. The van der Waals surface area contributed by atoms with E-state index in [1.165, 1.54) is 37.7 Å². The van der Waals surface area contributed by atoms with E-state index in [0.29, 0.717) is 9.33 Å². The summed E-state index contributed by atoms with van der Waals surface area (Å²) in [5.41, 5.74) is -0.349. The number of amides is 1. The molecular weight excluding hydrogens is 478 g/mol. The Hall–Kier alpha value is -2.96. The summed E-state index contributed by atoms with van der Waals surface area (Å²) in [6, 6.07) is 8.96. The van der Waals surface area contributed by atoms with Gasteiger partial charge in [0.1, 0.15) is 15.1 Å². The van der Waals surface area contributed by atoms with Crippen LogP contribution in [-0.4, -0.2) is 44.9 Å². The lowest BCUT2D eigenvalue weighted by Gasteiger charge is -2.21. The molecule has 0 bridgehead atoms. The maximum atomic E-state index is 13.2. The largest absolute Gasteiger partial charge is 0.284 e. The summed E-state index contributed by atoms with van der Waals surface area (Å²) in [4.78, 5) is 28.2. The second-order valence-corrected chi connectivity index (χ2v) is 9.73. The minimum Gasteiger partial charge on any atom is -0.268 e. The number of aromatic nitrogens is 3. The number of nitrogens with zero attached hydrogens (tertiary/aromatic N) is 5. The van der Waals surface area contributed by atoms with Crippen LogP contribution in [0, 0.1) is 17.0 Å². The predicted octanol–water partition coefficient (Wildman–Crippen LogP) is 3.69. The molecule has 32 heavy (non-hydrogen) atoms. The van der Waals surface area contributed by atoms with Crippen molar-refractivity contribution in [3.8, 4) is 0 Å². The molecule has 168 valence electrons. The summed E-state index contributed by atoms with van der Waals surface area (Å²) in [5, 5.41) is 16.0. The highest BCUT2D eigenvalue weighted by atomic mass is 35.5. The van der Waals surface area contributed by atoms with Crippen molar-refractivity contribution in [3.05, 3.63) is 69.1 Å². The van der Waals surface area contributed by atoms with Crippen molar-refractivity contribution in [2.45, 2.75) is 28.7 Å². The van der Waals surface area contributed by atoms with Gasteiger partial charge in [0.25, 0.3) is 21.6 Å². The maximum Gasteiger partial charge on any atom is 0.284 e. The van der Waals surface area contributed by atoms with Gasteiger partial charge in [-0.05, 0) is 38.1 Å². The van der Waals surface area contributed by atoms with Crippen LogP contribution in [-0.2, 0) is 17.1 Å². The monoisotopic (exact) mass is 495 g/mol. The standard InChI is InChI=1S/C19H18ClN5O5S2/c1-4-24(32(29,30)17-12(2)22-23(3)18(17)20)19(26)13-8-9-15(14(11-13)25(27)28)31-16-7-5-6-10-21-16/h5-11H,4H2,1-3H3. The number of pyridine rings is 1. The van der Waals surface area contributed by atoms with Gasteiger partial charge in [-0.25, -0.2) is 17.7 Å². The van der Waals surface area contributed by atoms with Gasteiger partial charge in [0, 0.05) is 31.4 Å². The van der Waals surface area contributed by atoms with Gasteiger partial charge in [0.05, 0.1) is 15.5 Å². The molecule has 0 saturated carbocycles. The van der Waals surface area contributed by atoms with E-state index in [2.05, 4.69) is 10.1 Å². The number of carbonyl (C=O) groups excluding carboxylic acids is 1. The molecular formula is C19H18ClN5O5S2. The fraction of sp³-hybridized carbons (Fsp3) is 0.211. The molecule has 0 saturated heterocycles. The summed E-state index contributed by atoms with van der Waals surface area (Å²) < 4.78 is 28.2. The van der Waals surface area contributed by atoms with Crippen molar-refractivity contribution in [3.63, 3.8) is 0 Å². The maximum absolute atomic E-state index is 13.2. The van der Waals surface area contributed by atoms with Gasteiger partial charge in [-0.15, -0.1) is 0 Å². The van der Waals surface area contributed by atoms with Crippen LogP contribution in [0.3, 0.4) is 0 Å². The zero-order valence-corrected chi connectivity index (χ0v) is 19.6. The Morgan fingerprint density at radius 1 is 1.31 bits per heavy atom. The van der Waals surface area contributed by atoms with Crippen molar-refractivity contribution < 1.29 is 18.1 Å². The SMILES string of the molecule is CCN(C(=O)c1ccc(Sc2ccccn2)c([N+](=O)[O-])c1)S(=O)(=O)c1c(C)nn(C)c1Cl. The van der Waals surface area contributed by atoms with E-state index in [-0.39, 0.29) is 38.4 Å². The van der Waals surface area contributed by atoms with Gasteiger partial charge < -0.3 is 0 Å². The molecule has 3 rings (SSSR count). The number of nitro groups is 1. The molecule has 0 aliphatic heterocycles. The highest BCUT2D eigenvalue weighted by Gasteiger charge is 2.35. The van der Waals surface area contributed by atoms with E-state index >= 15 is 0 Å². The van der Waals surface area contributed by atoms with E-state index in [9.17, 15) is 23.3 Å². The molecule has 0 aliphatic rings. The van der Waals surface area contributed by atoms with E-state index in [4.69, 9.17) is 11.6 Å². The first-order valence-electron chi connectivity index (χ1n) is 9.21. The van der Waals surface area contributed by atoms with Crippen LogP contribution >= 0.6 is 23.4 Å². The van der Waals surface area contributed by atoms with Gasteiger partial charge >= 0.3 is 0 Å².